The minimum Gasteiger partial charge on any atom is -0.383 e. The number of anilines is 1. The molecule has 4 N–H and O–H groups in total. The Morgan fingerprint density at radius 3 is 2.47 bits per heavy atom. The van der Waals surface area contributed by atoms with E-state index in [4.69, 9.17) is 11.5 Å². The summed E-state index contributed by atoms with van der Waals surface area (Å²) in [6.45, 7) is 3.27. The van der Waals surface area contributed by atoms with Crippen molar-refractivity contribution in [3.05, 3.63) is 40.8 Å². The molecule has 0 atom stereocenters. The molecule has 0 aliphatic rings. The smallest absolute Gasteiger partial charge is 0.254 e. The van der Waals surface area contributed by atoms with Gasteiger partial charge in [-0.15, -0.1) is 0 Å². The minimum absolute atomic E-state index is 0.0250. The van der Waals surface area contributed by atoms with Crippen molar-refractivity contribution in [2.24, 2.45) is 5.73 Å². The molecule has 1 aromatic heterocycles. The minimum atomic E-state index is -0.670. The molecule has 1 amide bonds. The number of carbonyl (C=O) groups is 1. The lowest BCUT2D eigenvalue weighted by molar-refractivity contribution is 0.1000. The lowest BCUT2D eigenvalue weighted by Crippen LogP contribution is -2.17. The predicted molar refractivity (Wildman–Crippen MR) is 69.8 cm³/mol. The van der Waals surface area contributed by atoms with Gasteiger partial charge in [-0.3, -0.25) is 4.79 Å². The van der Waals surface area contributed by atoms with Crippen LogP contribution in [0.4, 0.5) is 10.2 Å². The molecule has 5 nitrogen and oxygen atoms in total. The third-order valence-electron chi connectivity index (χ3n) is 2.78. The Labute approximate surface area is 109 Å². The second-order valence-corrected chi connectivity index (χ2v) is 4.22. The van der Waals surface area contributed by atoms with Gasteiger partial charge in [0, 0.05) is 5.56 Å². The molecule has 0 unspecified atom stereocenters. The first-order chi connectivity index (χ1) is 8.90. The van der Waals surface area contributed by atoms with Crippen LogP contribution in [0.25, 0.3) is 11.4 Å². The first-order valence-corrected chi connectivity index (χ1v) is 5.60. The quantitative estimate of drug-likeness (QED) is 0.857. The van der Waals surface area contributed by atoms with Gasteiger partial charge < -0.3 is 11.5 Å². The summed E-state index contributed by atoms with van der Waals surface area (Å²) >= 11 is 0. The van der Waals surface area contributed by atoms with Crippen molar-refractivity contribution in [1.82, 2.24) is 9.97 Å². The molecule has 2 rings (SSSR count). The second kappa shape index (κ2) is 4.64. The first kappa shape index (κ1) is 12.9. The number of nitrogens with two attached hydrogens (primary N) is 2. The molecular weight excluding hydrogens is 247 g/mol. The highest BCUT2D eigenvalue weighted by molar-refractivity contribution is 5.98. The standard InChI is InChI=1S/C13H13FN4O/c1-6-5-8(3-4-9(6)14)13-17-7(2)10(12(16)19)11(15)18-13/h3-5H,1-2H3,(H2,16,19)(H2,15,17,18). The van der Waals surface area contributed by atoms with Gasteiger partial charge in [-0.25, -0.2) is 14.4 Å². The summed E-state index contributed by atoms with van der Waals surface area (Å²) in [4.78, 5) is 19.4. The lowest BCUT2D eigenvalue weighted by atomic mass is 10.1. The lowest BCUT2D eigenvalue weighted by Gasteiger charge is -2.08. The van der Waals surface area contributed by atoms with Crippen molar-refractivity contribution in [3.63, 3.8) is 0 Å². The molecular formula is C13H13FN4O. The SMILES string of the molecule is Cc1cc(-c2nc(C)c(C(N)=O)c(N)n2)ccc1F. The van der Waals surface area contributed by atoms with Crippen molar-refractivity contribution in [3.8, 4) is 11.4 Å². The highest BCUT2D eigenvalue weighted by atomic mass is 19.1. The molecule has 19 heavy (non-hydrogen) atoms. The fourth-order valence-corrected chi connectivity index (χ4v) is 1.81. The molecule has 0 spiro atoms. The molecule has 1 aromatic carbocycles. The summed E-state index contributed by atoms with van der Waals surface area (Å²) in [7, 11) is 0. The van der Waals surface area contributed by atoms with Crippen molar-refractivity contribution in [2.75, 3.05) is 5.73 Å². The Bertz CT molecular complexity index is 647. The van der Waals surface area contributed by atoms with E-state index >= 15 is 0 Å². The number of hydrogen-bond acceptors (Lipinski definition) is 4. The van der Waals surface area contributed by atoms with E-state index in [1.165, 1.54) is 6.07 Å². The average Bonchev–Trinajstić information content (AvgIpc) is 2.31. The largest absolute Gasteiger partial charge is 0.383 e. The number of primary amides is 1. The van der Waals surface area contributed by atoms with E-state index in [2.05, 4.69) is 9.97 Å². The zero-order valence-corrected chi connectivity index (χ0v) is 10.6. The van der Waals surface area contributed by atoms with Crippen molar-refractivity contribution in [1.29, 1.82) is 0 Å². The first-order valence-electron chi connectivity index (χ1n) is 5.60. The number of carbonyl (C=O) groups excluding carboxylic acids is 1. The van der Waals surface area contributed by atoms with Crippen LogP contribution < -0.4 is 11.5 Å². The molecule has 0 aliphatic heterocycles. The number of benzene rings is 1. The van der Waals surface area contributed by atoms with Crippen LogP contribution in [0.1, 0.15) is 21.6 Å². The number of rotatable bonds is 2. The fourth-order valence-electron chi connectivity index (χ4n) is 1.81. The highest BCUT2D eigenvalue weighted by Gasteiger charge is 2.15. The van der Waals surface area contributed by atoms with Gasteiger partial charge in [0.05, 0.1) is 5.69 Å². The van der Waals surface area contributed by atoms with E-state index < -0.39 is 5.91 Å². The van der Waals surface area contributed by atoms with Crippen LogP contribution in [0.3, 0.4) is 0 Å². The third kappa shape index (κ3) is 2.37. The number of aromatic nitrogens is 2. The number of nitrogens with zero attached hydrogens (tertiary/aromatic N) is 2. The predicted octanol–water partition coefficient (Wildman–Crippen LogP) is 1.58. The molecule has 0 radical (unpaired) electrons. The van der Waals surface area contributed by atoms with Crippen LogP contribution in [0.15, 0.2) is 18.2 Å². The number of halogens is 1. The number of amides is 1. The second-order valence-electron chi connectivity index (χ2n) is 4.22. The van der Waals surface area contributed by atoms with Crippen LogP contribution in [-0.4, -0.2) is 15.9 Å². The van der Waals surface area contributed by atoms with E-state index in [0.29, 0.717) is 22.6 Å². The Morgan fingerprint density at radius 2 is 1.95 bits per heavy atom. The zero-order valence-electron chi connectivity index (χ0n) is 10.6. The zero-order chi connectivity index (χ0) is 14.2. The monoisotopic (exact) mass is 260 g/mol. The molecule has 0 saturated carbocycles. The summed E-state index contributed by atoms with van der Waals surface area (Å²) in [6.07, 6.45) is 0. The molecule has 0 fully saturated rings. The van der Waals surface area contributed by atoms with Gasteiger partial charge in [-0.2, -0.15) is 0 Å². The summed E-state index contributed by atoms with van der Waals surface area (Å²) in [5.74, 6) is -0.612. The van der Waals surface area contributed by atoms with E-state index in [1.807, 2.05) is 0 Å². The molecule has 0 aliphatic carbocycles. The van der Waals surface area contributed by atoms with Crippen LogP contribution in [0.5, 0.6) is 0 Å². The summed E-state index contributed by atoms with van der Waals surface area (Å²) < 4.78 is 13.2. The van der Waals surface area contributed by atoms with Crippen LogP contribution in [-0.2, 0) is 0 Å². The van der Waals surface area contributed by atoms with E-state index in [0.717, 1.165) is 0 Å². The molecule has 2 aromatic rings. The maximum atomic E-state index is 13.2. The highest BCUT2D eigenvalue weighted by Crippen LogP contribution is 2.22. The van der Waals surface area contributed by atoms with Crippen molar-refractivity contribution < 1.29 is 9.18 Å². The van der Waals surface area contributed by atoms with Gasteiger partial charge in [-0.1, -0.05) is 0 Å². The fraction of sp³-hybridized carbons (Fsp3) is 0.154. The number of aryl methyl sites for hydroxylation is 2. The Kier molecular flexibility index (Phi) is 3.16. The van der Waals surface area contributed by atoms with Gasteiger partial charge in [-0.05, 0) is 37.6 Å². The van der Waals surface area contributed by atoms with Crippen LogP contribution >= 0.6 is 0 Å². The summed E-state index contributed by atoms with van der Waals surface area (Å²) in [6, 6.07) is 4.51. The molecule has 1 heterocycles. The van der Waals surface area contributed by atoms with Gasteiger partial charge >= 0.3 is 0 Å². The molecule has 0 bridgehead atoms. The normalized spacial score (nSPS) is 10.5. The van der Waals surface area contributed by atoms with Crippen molar-refractivity contribution in [2.45, 2.75) is 13.8 Å². The van der Waals surface area contributed by atoms with Crippen molar-refractivity contribution >= 4 is 11.7 Å². The topological polar surface area (TPSA) is 94.9 Å². The number of nitrogen functional groups attached to an aromatic ring is 1. The average molecular weight is 260 g/mol. The Morgan fingerprint density at radius 1 is 1.26 bits per heavy atom. The van der Waals surface area contributed by atoms with Crippen LogP contribution in [0.2, 0.25) is 0 Å². The van der Waals surface area contributed by atoms with Crippen LogP contribution in [0, 0.1) is 19.7 Å². The van der Waals surface area contributed by atoms with Gasteiger partial charge in [0.2, 0.25) is 0 Å². The molecule has 98 valence electrons. The molecule has 6 heteroatoms. The Balaban J connectivity index is 2.58. The summed E-state index contributed by atoms with van der Waals surface area (Å²) in [5, 5.41) is 0. The van der Waals surface area contributed by atoms with Gasteiger partial charge in [0.15, 0.2) is 5.82 Å². The maximum absolute atomic E-state index is 13.2. The maximum Gasteiger partial charge on any atom is 0.254 e. The van der Waals surface area contributed by atoms with Gasteiger partial charge in [0.1, 0.15) is 17.2 Å². The van der Waals surface area contributed by atoms with Gasteiger partial charge in [0.25, 0.3) is 5.91 Å². The third-order valence-corrected chi connectivity index (χ3v) is 2.78. The van der Waals surface area contributed by atoms with E-state index in [9.17, 15) is 9.18 Å². The Hall–Kier alpha value is -2.50. The summed E-state index contributed by atoms with van der Waals surface area (Å²) in [5.41, 5.74) is 12.5. The van der Waals surface area contributed by atoms with E-state index in [-0.39, 0.29) is 17.2 Å². The molecule has 0 saturated heterocycles. The van der Waals surface area contributed by atoms with E-state index in [1.54, 1.807) is 26.0 Å². The number of hydrogen-bond donors (Lipinski definition) is 2.